The average Bonchev–Trinajstić information content (AvgIpc) is 3.21. The molecule has 0 radical (unpaired) electrons. The number of hydrogen-bond acceptors (Lipinski definition) is 5. The fraction of sp³-hybridized carbons (Fsp3) is 0.300. The van der Waals surface area contributed by atoms with Gasteiger partial charge >= 0.3 is 5.97 Å². The number of nitrogens with one attached hydrogen (secondary N) is 1. The molecular formula is C20H20F2N2O3S. The van der Waals surface area contributed by atoms with Gasteiger partial charge in [-0.25, -0.2) is 4.79 Å². The zero-order valence-electron chi connectivity index (χ0n) is 15.1. The van der Waals surface area contributed by atoms with E-state index in [0.29, 0.717) is 5.69 Å². The Bertz CT molecular complexity index is 824. The zero-order valence-corrected chi connectivity index (χ0v) is 15.9. The van der Waals surface area contributed by atoms with E-state index in [9.17, 15) is 18.4 Å². The van der Waals surface area contributed by atoms with Crippen LogP contribution in [0, 0.1) is 0 Å². The Kier molecular flexibility index (Phi) is 6.86. The van der Waals surface area contributed by atoms with Crippen LogP contribution in [0.5, 0.6) is 0 Å². The highest BCUT2D eigenvalue weighted by molar-refractivity contribution is 7.99. The van der Waals surface area contributed by atoms with Crippen LogP contribution in [-0.4, -0.2) is 37.3 Å². The predicted molar refractivity (Wildman–Crippen MR) is 105 cm³/mol. The van der Waals surface area contributed by atoms with Crippen molar-refractivity contribution in [2.75, 3.05) is 29.9 Å². The molecule has 1 aliphatic heterocycles. The second-order valence-corrected chi connectivity index (χ2v) is 7.27. The minimum Gasteiger partial charge on any atom is -0.452 e. The highest BCUT2D eigenvalue weighted by atomic mass is 32.2. The van der Waals surface area contributed by atoms with Gasteiger partial charge in [-0.2, -0.15) is 8.78 Å². The summed E-state index contributed by atoms with van der Waals surface area (Å²) in [6, 6.07) is 13.4. The predicted octanol–water partition coefficient (Wildman–Crippen LogP) is 4.40. The number of amides is 1. The molecule has 2 aromatic carbocycles. The van der Waals surface area contributed by atoms with Gasteiger partial charge in [-0.15, -0.1) is 0 Å². The average molecular weight is 406 g/mol. The third-order valence-electron chi connectivity index (χ3n) is 4.28. The van der Waals surface area contributed by atoms with Gasteiger partial charge in [0.15, 0.2) is 6.61 Å². The van der Waals surface area contributed by atoms with Gasteiger partial charge in [-0.1, -0.05) is 23.9 Å². The summed E-state index contributed by atoms with van der Waals surface area (Å²) in [6.07, 6.45) is 2.37. The van der Waals surface area contributed by atoms with Gasteiger partial charge in [0.1, 0.15) is 0 Å². The third-order valence-corrected chi connectivity index (χ3v) is 5.07. The van der Waals surface area contributed by atoms with Gasteiger partial charge in [0.25, 0.3) is 11.7 Å². The molecule has 148 valence electrons. The Balaban J connectivity index is 1.52. The van der Waals surface area contributed by atoms with Crippen molar-refractivity contribution in [2.24, 2.45) is 0 Å². The van der Waals surface area contributed by atoms with E-state index in [1.807, 2.05) is 12.1 Å². The number of benzene rings is 2. The molecule has 0 aliphatic carbocycles. The smallest absolute Gasteiger partial charge is 0.339 e. The first-order valence-corrected chi connectivity index (χ1v) is 9.77. The molecule has 8 heteroatoms. The maximum absolute atomic E-state index is 12.6. The van der Waals surface area contributed by atoms with Crippen LogP contribution in [0.4, 0.5) is 20.2 Å². The van der Waals surface area contributed by atoms with E-state index < -0.39 is 24.2 Å². The lowest BCUT2D eigenvalue weighted by molar-refractivity contribution is -0.119. The lowest BCUT2D eigenvalue weighted by Gasteiger charge is -2.17. The van der Waals surface area contributed by atoms with E-state index >= 15 is 0 Å². The van der Waals surface area contributed by atoms with Crippen molar-refractivity contribution in [3.63, 3.8) is 0 Å². The molecule has 0 unspecified atom stereocenters. The molecule has 0 saturated carbocycles. The summed E-state index contributed by atoms with van der Waals surface area (Å²) in [4.78, 5) is 26.5. The molecule has 0 spiro atoms. The van der Waals surface area contributed by atoms with Crippen LogP contribution in [0.15, 0.2) is 53.4 Å². The summed E-state index contributed by atoms with van der Waals surface area (Å²) < 4.78 is 30.2. The van der Waals surface area contributed by atoms with Gasteiger partial charge in [0.05, 0.1) is 5.56 Å². The maximum Gasteiger partial charge on any atom is 0.339 e. The highest BCUT2D eigenvalue weighted by Gasteiger charge is 2.17. The standard InChI is InChI=1S/C20H20F2N2O3S/c21-20(22)28-17-6-2-1-5-16(17)19(26)27-13-18(25)23-14-7-9-15(10-8-14)24-11-3-4-12-24/h1-2,5-10,20H,3-4,11-13H2,(H,23,25). The summed E-state index contributed by atoms with van der Waals surface area (Å²) in [5, 5.41) is 2.65. The first-order valence-electron chi connectivity index (χ1n) is 8.89. The van der Waals surface area contributed by atoms with Gasteiger partial charge in [0.2, 0.25) is 0 Å². The van der Waals surface area contributed by atoms with Crippen LogP contribution in [0.2, 0.25) is 0 Å². The molecule has 1 amide bonds. The Hall–Kier alpha value is -2.61. The van der Waals surface area contributed by atoms with E-state index in [2.05, 4.69) is 10.2 Å². The van der Waals surface area contributed by atoms with Gasteiger partial charge in [-0.05, 0) is 49.2 Å². The Labute approximate surface area is 166 Å². The SMILES string of the molecule is O=C(COC(=O)c1ccccc1SC(F)F)Nc1ccc(N2CCCC2)cc1. The minimum absolute atomic E-state index is 0.00978. The summed E-state index contributed by atoms with van der Waals surface area (Å²) in [5.74, 6) is -3.97. The number of rotatable bonds is 7. The van der Waals surface area contributed by atoms with Crippen molar-refractivity contribution < 1.29 is 23.1 Å². The number of ether oxygens (including phenoxy) is 1. The molecule has 0 aromatic heterocycles. The van der Waals surface area contributed by atoms with Gasteiger partial charge in [-0.3, -0.25) is 4.79 Å². The monoisotopic (exact) mass is 406 g/mol. The summed E-state index contributed by atoms with van der Waals surface area (Å²) in [5.41, 5.74) is 1.71. The van der Waals surface area contributed by atoms with E-state index in [4.69, 9.17) is 4.74 Å². The highest BCUT2D eigenvalue weighted by Crippen LogP contribution is 2.28. The van der Waals surface area contributed by atoms with Crippen LogP contribution >= 0.6 is 11.8 Å². The molecule has 5 nitrogen and oxygen atoms in total. The number of anilines is 2. The largest absolute Gasteiger partial charge is 0.452 e. The van der Waals surface area contributed by atoms with E-state index in [-0.39, 0.29) is 22.2 Å². The van der Waals surface area contributed by atoms with Crippen molar-refractivity contribution in [3.05, 3.63) is 54.1 Å². The molecule has 2 aromatic rings. The van der Waals surface area contributed by atoms with Crippen LogP contribution in [0.3, 0.4) is 0 Å². The van der Waals surface area contributed by atoms with Crippen LogP contribution in [-0.2, 0) is 9.53 Å². The second kappa shape index (κ2) is 9.54. The van der Waals surface area contributed by atoms with Crippen molar-refractivity contribution in [2.45, 2.75) is 23.5 Å². The molecular weight excluding hydrogens is 386 g/mol. The molecule has 0 bridgehead atoms. The van der Waals surface area contributed by atoms with Crippen molar-refractivity contribution >= 4 is 35.0 Å². The quantitative estimate of drug-likeness (QED) is 0.546. The fourth-order valence-corrected chi connectivity index (χ4v) is 3.60. The number of nitrogens with zero attached hydrogens (tertiary/aromatic N) is 1. The van der Waals surface area contributed by atoms with Crippen molar-refractivity contribution in [3.8, 4) is 0 Å². The number of alkyl halides is 2. The lowest BCUT2D eigenvalue weighted by atomic mass is 10.2. The number of hydrogen-bond donors (Lipinski definition) is 1. The summed E-state index contributed by atoms with van der Waals surface area (Å²) >= 11 is 0.263. The van der Waals surface area contributed by atoms with Gasteiger partial charge in [0, 0.05) is 29.4 Å². The number of esters is 1. The summed E-state index contributed by atoms with van der Waals surface area (Å²) in [7, 11) is 0. The van der Waals surface area contributed by atoms with E-state index in [0.717, 1.165) is 18.8 Å². The lowest BCUT2D eigenvalue weighted by Crippen LogP contribution is -2.21. The molecule has 3 rings (SSSR count). The second-order valence-electron chi connectivity index (χ2n) is 6.24. The normalized spacial score (nSPS) is 13.6. The number of carbonyl (C=O) groups is 2. The van der Waals surface area contributed by atoms with Crippen molar-refractivity contribution in [1.29, 1.82) is 0 Å². The van der Waals surface area contributed by atoms with Crippen molar-refractivity contribution in [1.82, 2.24) is 0 Å². The molecule has 1 fully saturated rings. The number of carbonyl (C=O) groups excluding carboxylic acids is 2. The van der Waals surface area contributed by atoms with E-state index in [1.165, 1.54) is 25.0 Å². The molecule has 1 heterocycles. The Morgan fingerprint density at radius 1 is 1.07 bits per heavy atom. The van der Waals surface area contributed by atoms with E-state index in [1.54, 1.807) is 24.3 Å². The first kappa shape index (κ1) is 20.1. The zero-order chi connectivity index (χ0) is 19.9. The molecule has 28 heavy (non-hydrogen) atoms. The van der Waals surface area contributed by atoms with Crippen LogP contribution in [0.25, 0.3) is 0 Å². The third kappa shape index (κ3) is 5.45. The molecule has 1 saturated heterocycles. The number of halogens is 2. The maximum atomic E-state index is 12.6. The Morgan fingerprint density at radius 3 is 2.43 bits per heavy atom. The minimum atomic E-state index is -2.65. The Morgan fingerprint density at radius 2 is 1.75 bits per heavy atom. The fourth-order valence-electron chi connectivity index (χ4n) is 2.97. The summed E-state index contributed by atoms with van der Waals surface area (Å²) in [6.45, 7) is 1.57. The molecule has 1 aliphatic rings. The topological polar surface area (TPSA) is 58.6 Å². The number of thioether (sulfide) groups is 1. The molecule has 1 N–H and O–H groups in total. The first-order chi connectivity index (χ1) is 13.5. The van der Waals surface area contributed by atoms with Gasteiger partial charge < -0.3 is 15.0 Å². The van der Waals surface area contributed by atoms with Crippen LogP contribution < -0.4 is 10.2 Å². The van der Waals surface area contributed by atoms with Crippen LogP contribution in [0.1, 0.15) is 23.2 Å². The molecule has 0 atom stereocenters.